The zero-order chi connectivity index (χ0) is 13.3. The Morgan fingerprint density at radius 3 is 2.58 bits per heavy atom. The minimum atomic E-state index is 0.502. The number of ether oxygens (including phenoxy) is 1. The van der Waals surface area contributed by atoms with Crippen molar-refractivity contribution in [2.45, 2.75) is 45.1 Å². The van der Waals surface area contributed by atoms with Crippen LogP contribution in [0.25, 0.3) is 0 Å². The highest BCUT2D eigenvalue weighted by Crippen LogP contribution is 2.34. The maximum absolute atomic E-state index is 5.44. The van der Waals surface area contributed by atoms with Crippen LogP contribution in [0.3, 0.4) is 0 Å². The van der Waals surface area contributed by atoms with Crippen molar-refractivity contribution in [3.05, 3.63) is 35.9 Å². The van der Waals surface area contributed by atoms with Crippen LogP contribution in [-0.4, -0.2) is 19.8 Å². The van der Waals surface area contributed by atoms with Crippen LogP contribution in [0.15, 0.2) is 30.3 Å². The molecule has 0 saturated heterocycles. The molecule has 0 aliphatic heterocycles. The van der Waals surface area contributed by atoms with Crippen molar-refractivity contribution in [3.8, 4) is 0 Å². The Balaban J connectivity index is 1.96. The smallest absolute Gasteiger partial charge is 0.0590 e. The molecule has 106 valence electrons. The SMILES string of the molecule is CCOCCNC(c1ccccc1)C1CCCCC1. The predicted octanol–water partition coefficient (Wildman–Crippen LogP) is 3.93. The largest absolute Gasteiger partial charge is 0.380 e. The molecule has 0 amide bonds. The summed E-state index contributed by atoms with van der Waals surface area (Å²) >= 11 is 0. The topological polar surface area (TPSA) is 21.3 Å². The highest BCUT2D eigenvalue weighted by molar-refractivity contribution is 5.19. The Hall–Kier alpha value is -0.860. The van der Waals surface area contributed by atoms with Crippen LogP contribution in [0.4, 0.5) is 0 Å². The first kappa shape index (κ1) is 14.5. The predicted molar refractivity (Wildman–Crippen MR) is 80.3 cm³/mol. The molecule has 0 aromatic heterocycles. The number of hydrogen-bond donors (Lipinski definition) is 1. The van der Waals surface area contributed by atoms with E-state index in [0.29, 0.717) is 6.04 Å². The van der Waals surface area contributed by atoms with Gasteiger partial charge in [-0.3, -0.25) is 0 Å². The van der Waals surface area contributed by atoms with Gasteiger partial charge in [0.15, 0.2) is 0 Å². The molecule has 0 heterocycles. The van der Waals surface area contributed by atoms with Crippen LogP contribution in [-0.2, 0) is 4.74 Å². The summed E-state index contributed by atoms with van der Waals surface area (Å²) in [6, 6.07) is 11.4. The molecule has 1 aromatic carbocycles. The summed E-state index contributed by atoms with van der Waals surface area (Å²) in [5, 5.41) is 3.72. The van der Waals surface area contributed by atoms with Gasteiger partial charge in [0.05, 0.1) is 6.61 Å². The van der Waals surface area contributed by atoms with E-state index in [-0.39, 0.29) is 0 Å². The third-order valence-corrected chi connectivity index (χ3v) is 4.09. The van der Waals surface area contributed by atoms with Gasteiger partial charge in [0.25, 0.3) is 0 Å². The van der Waals surface area contributed by atoms with E-state index in [1.165, 1.54) is 37.7 Å². The molecule has 1 atom stereocenters. The molecule has 0 bridgehead atoms. The summed E-state index contributed by atoms with van der Waals surface area (Å²) in [6.45, 7) is 4.62. The van der Waals surface area contributed by atoms with Gasteiger partial charge >= 0.3 is 0 Å². The Bertz CT molecular complexity index is 332. The first-order valence-electron chi connectivity index (χ1n) is 7.78. The summed E-state index contributed by atoms with van der Waals surface area (Å²) in [5.74, 6) is 0.790. The molecular weight excluding hydrogens is 234 g/mol. The van der Waals surface area contributed by atoms with Gasteiger partial charge in [-0.1, -0.05) is 49.6 Å². The molecule has 1 fully saturated rings. The third-order valence-electron chi connectivity index (χ3n) is 4.09. The second kappa shape index (κ2) is 8.34. The van der Waals surface area contributed by atoms with Crippen molar-refractivity contribution in [2.75, 3.05) is 19.8 Å². The summed E-state index contributed by atoms with van der Waals surface area (Å²) < 4.78 is 5.44. The molecular formula is C17H27NO. The summed E-state index contributed by atoms with van der Waals surface area (Å²) in [4.78, 5) is 0. The molecule has 1 aliphatic rings. The second-order valence-electron chi connectivity index (χ2n) is 5.44. The van der Waals surface area contributed by atoms with Crippen LogP contribution in [0.2, 0.25) is 0 Å². The summed E-state index contributed by atoms with van der Waals surface area (Å²) in [7, 11) is 0. The minimum absolute atomic E-state index is 0.502. The molecule has 1 saturated carbocycles. The van der Waals surface area contributed by atoms with E-state index in [9.17, 15) is 0 Å². The van der Waals surface area contributed by atoms with Gasteiger partial charge in [-0.05, 0) is 31.2 Å². The van der Waals surface area contributed by atoms with E-state index in [1.54, 1.807) is 0 Å². The molecule has 1 aliphatic carbocycles. The molecule has 2 heteroatoms. The average molecular weight is 261 g/mol. The maximum Gasteiger partial charge on any atom is 0.0590 e. The number of rotatable bonds is 7. The van der Waals surface area contributed by atoms with E-state index in [0.717, 1.165) is 25.7 Å². The number of nitrogens with one attached hydrogen (secondary N) is 1. The van der Waals surface area contributed by atoms with Gasteiger partial charge in [0.2, 0.25) is 0 Å². The molecule has 2 nitrogen and oxygen atoms in total. The standard InChI is InChI=1S/C17H27NO/c1-2-19-14-13-18-17(15-9-5-3-6-10-15)16-11-7-4-8-12-16/h3,5-6,9-10,16-18H,2,4,7-8,11-14H2,1H3. The lowest BCUT2D eigenvalue weighted by Crippen LogP contribution is -2.32. The van der Waals surface area contributed by atoms with Gasteiger partial charge < -0.3 is 10.1 Å². The van der Waals surface area contributed by atoms with Crippen molar-refractivity contribution < 1.29 is 4.74 Å². The van der Waals surface area contributed by atoms with Crippen LogP contribution in [0.1, 0.15) is 50.6 Å². The first-order valence-corrected chi connectivity index (χ1v) is 7.78. The lowest BCUT2D eigenvalue weighted by molar-refractivity contribution is 0.141. The van der Waals surface area contributed by atoms with Crippen LogP contribution in [0, 0.1) is 5.92 Å². The monoisotopic (exact) mass is 261 g/mol. The van der Waals surface area contributed by atoms with E-state index >= 15 is 0 Å². The van der Waals surface area contributed by atoms with Gasteiger partial charge in [-0.2, -0.15) is 0 Å². The van der Waals surface area contributed by atoms with E-state index in [2.05, 4.69) is 42.6 Å². The third kappa shape index (κ3) is 4.63. The second-order valence-corrected chi connectivity index (χ2v) is 5.44. The fraction of sp³-hybridized carbons (Fsp3) is 0.647. The highest BCUT2D eigenvalue weighted by Gasteiger charge is 2.24. The first-order chi connectivity index (χ1) is 9.42. The average Bonchev–Trinajstić information content (AvgIpc) is 2.49. The Labute approximate surface area is 117 Å². The molecule has 0 spiro atoms. The van der Waals surface area contributed by atoms with Crippen molar-refractivity contribution in [3.63, 3.8) is 0 Å². The minimum Gasteiger partial charge on any atom is -0.380 e. The van der Waals surface area contributed by atoms with Gasteiger partial charge in [0.1, 0.15) is 0 Å². The molecule has 2 rings (SSSR count). The molecule has 0 radical (unpaired) electrons. The van der Waals surface area contributed by atoms with Crippen molar-refractivity contribution in [2.24, 2.45) is 5.92 Å². The highest BCUT2D eigenvalue weighted by atomic mass is 16.5. The zero-order valence-corrected chi connectivity index (χ0v) is 12.1. The quantitative estimate of drug-likeness (QED) is 0.751. The zero-order valence-electron chi connectivity index (χ0n) is 12.1. The van der Waals surface area contributed by atoms with Crippen molar-refractivity contribution in [1.29, 1.82) is 0 Å². The van der Waals surface area contributed by atoms with Crippen LogP contribution in [0.5, 0.6) is 0 Å². The van der Waals surface area contributed by atoms with Crippen molar-refractivity contribution in [1.82, 2.24) is 5.32 Å². The van der Waals surface area contributed by atoms with E-state index < -0.39 is 0 Å². The molecule has 19 heavy (non-hydrogen) atoms. The normalized spacial score (nSPS) is 18.4. The molecule has 1 aromatic rings. The lowest BCUT2D eigenvalue weighted by Gasteiger charge is -2.31. The molecule has 1 N–H and O–H groups in total. The van der Waals surface area contributed by atoms with Crippen molar-refractivity contribution >= 4 is 0 Å². The fourth-order valence-electron chi connectivity index (χ4n) is 3.12. The van der Waals surface area contributed by atoms with Crippen LogP contribution >= 0.6 is 0 Å². The van der Waals surface area contributed by atoms with Gasteiger partial charge in [0, 0.05) is 19.2 Å². The Kier molecular flexibility index (Phi) is 6.38. The Morgan fingerprint density at radius 2 is 1.89 bits per heavy atom. The van der Waals surface area contributed by atoms with E-state index in [4.69, 9.17) is 4.74 Å². The Morgan fingerprint density at radius 1 is 1.16 bits per heavy atom. The number of benzene rings is 1. The fourth-order valence-corrected chi connectivity index (χ4v) is 3.12. The molecule has 1 unspecified atom stereocenters. The van der Waals surface area contributed by atoms with E-state index in [1.807, 2.05) is 0 Å². The van der Waals surface area contributed by atoms with Crippen LogP contribution < -0.4 is 5.32 Å². The van der Waals surface area contributed by atoms with Gasteiger partial charge in [-0.15, -0.1) is 0 Å². The lowest BCUT2D eigenvalue weighted by atomic mass is 9.81. The number of hydrogen-bond acceptors (Lipinski definition) is 2. The summed E-state index contributed by atoms with van der Waals surface area (Å²) in [5.41, 5.74) is 1.44. The van der Waals surface area contributed by atoms with Gasteiger partial charge in [-0.25, -0.2) is 0 Å². The summed E-state index contributed by atoms with van der Waals surface area (Å²) in [6.07, 6.45) is 6.92. The maximum atomic E-state index is 5.44.